The summed E-state index contributed by atoms with van der Waals surface area (Å²) in [6.45, 7) is 0.527. The fourth-order valence-corrected chi connectivity index (χ4v) is 4.87. The van der Waals surface area contributed by atoms with Crippen LogP contribution in [0.2, 0.25) is 0 Å². The van der Waals surface area contributed by atoms with Crippen LogP contribution < -0.4 is 5.32 Å². The Bertz CT molecular complexity index is 660. The predicted molar refractivity (Wildman–Crippen MR) is 92.2 cm³/mol. The van der Waals surface area contributed by atoms with Gasteiger partial charge in [0.2, 0.25) is 10.0 Å². The molecule has 0 saturated carbocycles. The first-order valence-corrected chi connectivity index (χ1v) is 10.3. The van der Waals surface area contributed by atoms with E-state index in [1.807, 2.05) is 35.0 Å². The molecule has 6 nitrogen and oxygen atoms in total. The van der Waals surface area contributed by atoms with Gasteiger partial charge in [0, 0.05) is 29.4 Å². The number of sulfonamides is 1. The third-order valence-corrected chi connectivity index (χ3v) is 6.52. The predicted octanol–water partition coefficient (Wildman–Crippen LogP) is 1.82. The topological polar surface area (TPSA) is 86.7 Å². The van der Waals surface area contributed by atoms with E-state index in [1.54, 1.807) is 0 Å². The molecule has 0 radical (unpaired) electrons. The van der Waals surface area contributed by atoms with E-state index >= 15 is 0 Å². The number of hydrogen-bond acceptors (Lipinski definition) is 6. The summed E-state index contributed by atoms with van der Waals surface area (Å²) in [7, 11) is -3.48. The van der Waals surface area contributed by atoms with Gasteiger partial charge in [-0.3, -0.25) is 4.79 Å². The van der Waals surface area contributed by atoms with Crippen LogP contribution in [0.5, 0.6) is 0 Å². The SMILES string of the molecule is O=C(O)CNCCS(=O)(=O)N(Cc1cccs1)Cc1cccs1. The highest BCUT2D eigenvalue weighted by Crippen LogP contribution is 2.20. The molecule has 0 aliphatic rings. The molecule has 2 heterocycles. The summed E-state index contributed by atoms with van der Waals surface area (Å²) in [6.07, 6.45) is 0. The number of thiophene rings is 2. The van der Waals surface area contributed by atoms with Crippen LogP contribution in [0.25, 0.3) is 0 Å². The maximum Gasteiger partial charge on any atom is 0.317 e. The smallest absolute Gasteiger partial charge is 0.317 e. The van der Waals surface area contributed by atoms with Gasteiger partial charge in [-0.15, -0.1) is 22.7 Å². The molecular weight excluding hydrogens is 356 g/mol. The Hall–Kier alpha value is -1.26. The maximum absolute atomic E-state index is 12.6. The summed E-state index contributed by atoms with van der Waals surface area (Å²) in [5.74, 6) is -1.13. The Labute approximate surface area is 143 Å². The monoisotopic (exact) mass is 374 g/mol. The first-order chi connectivity index (χ1) is 11.0. The van der Waals surface area contributed by atoms with Gasteiger partial charge < -0.3 is 10.4 Å². The summed E-state index contributed by atoms with van der Waals surface area (Å²) in [4.78, 5) is 12.4. The van der Waals surface area contributed by atoms with Gasteiger partial charge in [0.05, 0.1) is 12.3 Å². The number of hydrogen-bond donors (Lipinski definition) is 2. The zero-order valence-corrected chi connectivity index (χ0v) is 14.8. The Morgan fingerprint density at radius 3 is 2.13 bits per heavy atom. The Morgan fingerprint density at radius 2 is 1.70 bits per heavy atom. The third kappa shape index (κ3) is 6.04. The lowest BCUT2D eigenvalue weighted by Crippen LogP contribution is -2.36. The van der Waals surface area contributed by atoms with Gasteiger partial charge in [0.15, 0.2) is 0 Å². The van der Waals surface area contributed by atoms with Crippen molar-refractivity contribution in [3.63, 3.8) is 0 Å². The van der Waals surface area contributed by atoms with Gasteiger partial charge in [0.25, 0.3) is 0 Å². The van der Waals surface area contributed by atoms with E-state index in [0.29, 0.717) is 13.1 Å². The molecular formula is C14H18N2O4S3. The van der Waals surface area contributed by atoms with E-state index in [-0.39, 0.29) is 18.8 Å². The quantitative estimate of drug-likeness (QED) is 0.620. The Morgan fingerprint density at radius 1 is 1.13 bits per heavy atom. The van der Waals surface area contributed by atoms with Crippen molar-refractivity contribution in [2.45, 2.75) is 13.1 Å². The van der Waals surface area contributed by atoms with Crippen molar-refractivity contribution in [1.29, 1.82) is 0 Å². The number of carbonyl (C=O) groups is 1. The molecule has 2 aromatic rings. The van der Waals surface area contributed by atoms with Gasteiger partial charge in [-0.25, -0.2) is 8.42 Å². The molecule has 0 amide bonds. The standard InChI is InChI=1S/C14H18N2O4S3/c17-14(18)9-15-5-8-23(19,20)16(10-12-3-1-6-21-12)11-13-4-2-7-22-13/h1-4,6-7,15H,5,8-11H2,(H,17,18). The Kier molecular flexibility index (Phi) is 6.72. The van der Waals surface area contributed by atoms with Gasteiger partial charge in [-0.1, -0.05) is 12.1 Å². The summed E-state index contributed by atoms with van der Waals surface area (Å²) in [6, 6.07) is 7.60. The summed E-state index contributed by atoms with van der Waals surface area (Å²) in [5, 5.41) is 15.0. The van der Waals surface area contributed by atoms with E-state index in [1.165, 1.54) is 27.0 Å². The van der Waals surface area contributed by atoms with Crippen molar-refractivity contribution < 1.29 is 18.3 Å². The van der Waals surface area contributed by atoms with Crippen LogP contribution in [0.3, 0.4) is 0 Å². The molecule has 0 atom stereocenters. The van der Waals surface area contributed by atoms with Gasteiger partial charge in [0.1, 0.15) is 0 Å². The molecule has 23 heavy (non-hydrogen) atoms. The molecule has 0 saturated heterocycles. The van der Waals surface area contributed by atoms with Crippen LogP contribution in [-0.2, 0) is 27.9 Å². The second kappa shape index (κ2) is 8.55. The lowest BCUT2D eigenvalue weighted by atomic mass is 10.4. The van der Waals surface area contributed by atoms with Gasteiger partial charge in [-0.05, 0) is 22.9 Å². The van der Waals surface area contributed by atoms with Crippen molar-refractivity contribution >= 4 is 38.7 Å². The van der Waals surface area contributed by atoms with Crippen LogP contribution >= 0.6 is 22.7 Å². The fraction of sp³-hybridized carbons (Fsp3) is 0.357. The molecule has 0 aromatic carbocycles. The maximum atomic E-state index is 12.6. The molecule has 0 unspecified atom stereocenters. The lowest BCUT2D eigenvalue weighted by Gasteiger charge is -2.21. The molecule has 126 valence electrons. The second-order valence-corrected chi connectivity index (χ2v) is 8.97. The highest BCUT2D eigenvalue weighted by Gasteiger charge is 2.23. The molecule has 0 aliphatic carbocycles. The van der Waals surface area contributed by atoms with Crippen LogP contribution in [0.1, 0.15) is 9.75 Å². The second-order valence-electron chi connectivity index (χ2n) is 4.81. The normalized spacial score (nSPS) is 11.9. The Balaban J connectivity index is 2.03. The minimum Gasteiger partial charge on any atom is -0.480 e. The van der Waals surface area contributed by atoms with Crippen LogP contribution in [0.15, 0.2) is 35.0 Å². The molecule has 9 heteroatoms. The van der Waals surface area contributed by atoms with Crippen molar-refractivity contribution in [2.75, 3.05) is 18.8 Å². The van der Waals surface area contributed by atoms with Crippen LogP contribution in [0.4, 0.5) is 0 Å². The fourth-order valence-electron chi connectivity index (χ4n) is 1.93. The molecule has 0 spiro atoms. The van der Waals surface area contributed by atoms with Crippen molar-refractivity contribution in [2.24, 2.45) is 0 Å². The summed E-state index contributed by atoms with van der Waals surface area (Å²) < 4.78 is 26.6. The minimum absolute atomic E-state index is 0.111. The largest absolute Gasteiger partial charge is 0.480 e. The number of nitrogens with one attached hydrogen (secondary N) is 1. The van der Waals surface area contributed by atoms with Crippen molar-refractivity contribution in [1.82, 2.24) is 9.62 Å². The molecule has 2 N–H and O–H groups in total. The highest BCUT2D eigenvalue weighted by atomic mass is 32.2. The highest BCUT2D eigenvalue weighted by molar-refractivity contribution is 7.89. The van der Waals surface area contributed by atoms with Crippen molar-refractivity contribution in [3.8, 4) is 0 Å². The van der Waals surface area contributed by atoms with Crippen LogP contribution in [-0.4, -0.2) is 42.6 Å². The molecule has 0 fully saturated rings. The first kappa shape index (κ1) is 18.1. The van der Waals surface area contributed by atoms with E-state index in [2.05, 4.69) is 5.32 Å². The van der Waals surface area contributed by atoms with E-state index in [0.717, 1.165) is 9.75 Å². The summed E-state index contributed by atoms with van der Waals surface area (Å²) >= 11 is 3.03. The van der Waals surface area contributed by atoms with Gasteiger partial charge in [-0.2, -0.15) is 4.31 Å². The first-order valence-electron chi connectivity index (χ1n) is 6.92. The number of carboxylic acids is 1. The molecule has 0 bridgehead atoms. The number of nitrogens with zero attached hydrogens (tertiary/aromatic N) is 1. The third-order valence-electron chi connectivity index (χ3n) is 3.03. The van der Waals surface area contributed by atoms with E-state index in [4.69, 9.17) is 5.11 Å². The molecule has 2 aromatic heterocycles. The number of carboxylic acid groups (broad SMARTS) is 1. The average molecular weight is 375 g/mol. The number of aliphatic carboxylic acids is 1. The zero-order valence-electron chi connectivity index (χ0n) is 12.3. The van der Waals surface area contributed by atoms with Crippen molar-refractivity contribution in [3.05, 3.63) is 44.8 Å². The summed E-state index contributed by atoms with van der Waals surface area (Å²) in [5.41, 5.74) is 0. The molecule has 2 rings (SSSR count). The molecule has 0 aliphatic heterocycles. The zero-order chi connectivity index (χ0) is 16.7. The van der Waals surface area contributed by atoms with E-state index < -0.39 is 16.0 Å². The lowest BCUT2D eigenvalue weighted by molar-refractivity contribution is -0.135. The minimum atomic E-state index is -3.48. The average Bonchev–Trinajstić information content (AvgIpc) is 3.16. The van der Waals surface area contributed by atoms with E-state index in [9.17, 15) is 13.2 Å². The van der Waals surface area contributed by atoms with Crippen LogP contribution in [0, 0.1) is 0 Å². The van der Waals surface area contributed by atoms with Gasteiger partial charge >= 0.3 is 5.97 Å². The number of rotatable bonds is 10.